The number of hydrogen-bond donors (Lipinski definition) is 3. The summed E-state index contributed by atoms with van der Waals surface area (Å²) in [6, 6.07) is 7.67. The van der Waals surface area contributed by atoms with Crippen LogP contribution >= 0.6 is 0 Å². The van der Waals surface area contributed by atoms with Crippen molar-refractivity contribution in [3.63, 3.8) is 0 Å². The van der Waals surface area contributed by atoms with E-state index in [0.717, 1.165) is 70.3 Å². The van der Waals surface area contributed by atoms with E-state index in [1.165, 1.54) is 0 Å². The number of ether oxygens (including phenoxy) is 1. The van der Waals surface area contributed by atoms with Gasteiger partial charge in [-0.2, -0.15) is 0 Å². The fourth-order valence-electron chi connectivity index (χ4n) is 3.00. The van der Waals surface area contributed by atoms with E-state index in [1.54, 1.807) is 0 Å². The van der Waals surface area contributed by atoms with Gasteiger partial charge in [-0.05, 0) is 44.0 Å². The van der Waals surface area contributed by atoms with Crippen molar-refractivity contribution in [3.05, 3.63) is 35.4 Å². The summed E-state index contributed by atoms with van der Waals surface area (Å²) in [7, 11) is 0. The number of guanidine groups is 1. The van der Waals surface area contributed by atoms with Crippen LogP contribution in [0.2, 0.25) is 0 Å². The molecule has 1 amide bonds. The fraction of sp³-hybridized carbons (Fsp3) is 0.619. The first-order valence-electron chi connectivity index (χ1n) is 10.4. The summed E-state index contributed by atoms with van der Waals surface area (Å²) in [4.78, 5) is 19.2. The van der Waals surface area contributed by atoms with Gasteiger partial charge < -0.3 is 20.7 Å². The number of amides is 1. The number of benzene rings is 1. The van der Waals surface area contributed by atoms with Crippen LogP contribution in [0, 0.1) is 0 Å². The first kappa shape index (κ1) is 22.2. The summed E-state index contributed by atoms with van der Waals surface area (Å²) in [5.74, 6) is 0.783. The van der Waals surface area contributed by atoms with E-state index in [9.17, 15) is 4.79 Å². The van der Waals surface area contributed by atoms with E-state index in [2.05, 4.69) is 32.8 Å². The molecule has 7 heteroatoms. The molecule has 1 heterocycles. The highest BCUT2D eigenvalue weighted by molar-refractivity contribution is 5.94. The minimum atomic E-state index is -0.0270. The lowest BCUT2D eigenvalue weighted by molar-refractivity contribution is 0.0376. The lowest BCUT2D eigenvalue weighted by Crippen LogP contribution is -2.40. The molecule has 2 rings (SSSR count). The number of rotatable bonds is 10. The first-order valence-corrected chi connectivity index (χ1v) is 10.4. The second kappa shape index (κ2) is 13.1. The van der Waals surface area contributed by atoms with Gasteiger partial charge in [0.15, 0.2) is 5.96 Å². The molecule has 1 aliphatic rings. The Balaban J connectivity index is 1.81. The molecule has 1 aromatic carbocycles. The third kappa shape index (κ3) is 8.27. The number of nitrogens with one attached hydrogen (secondary N) is 3. The first-order chi connectivity index (χ1) is 13.7. The highest BCUT2D eigenvalue weighted by Gasteiger charge is 2.09. The summed E-state index contributed by atoms with van der Waals surface area (Å²) >= 11 is 0. The predicted molar refractivity (Wildman–Crippen MR) is 114 cm³/mol. The van der Waals surface area contributed by atoms with Gasteiger partial charge in [0.2, 0.25) is 0 Å². The van der Waals surface area contributed by atoms with Crippen LogP contribution in [0.3, 0.4) is 0 Å². The Labute approximate surface area is 168 Å². The van der Waals surface area contributed by atoms with Crippen LogP contribution in [0.4, 0.5) is 0 Å². The lowest BCUT2D eigenvalue weighted by atomic mass is 10.1. The molecule has 0 saturated carbocycles. The zero-order valence-corrected chi connectivity index (χ0v) is 17.3. The SMILES string of the molecule is CCCNC(=O)c1cccc(CN=C(NCC)NCCCN2CCOCC2)c1. The average molecular weight is 390 g/mol. The molecule has 0 atom stereocenters. The quantitative estimate of drug-likeness (QED) is 0.322. The highest BCUT2D eigenvalue weighted by atomic mass is 16.5. The Morgan fingerprint density at radius 1 is 1.14 bits per heavy atom. The number of hydrogen-bond acceptors (Lipinski definition) is 4. The van der Waals surface area contributed by atoms with Crippen molar-refractivity contribution in [1.29, 1.82) is 0 Å². The largest absolute Gasteiger partial charge is 0.379 e. The van der Waals surface area contributed by atoms with Gasteiger partial charge in [0.1, 0.15) is 0 Å². The van der Waals surface area contributed by atoms with Crippen LogP contribution in [0.1, 0.15) is 42.6 Å². The molecule has 0 spiro atoms. The maximum atomic E-state index is 12.1. The number of nitrogens with zero attached hydrogens (tertiary/aromatic N) is 2. The van der Waals surface area contributed by atoms with Gasteiger partial charge in [-0.25, -0.2) is 4.99 Å². The second-order valence-electron chi connectivity index (χ2n) is 6.89. The number of carbonyl (C=O) groups excluding carboxylic acids is 1. The van der Waals surface area contributed by atoms with Gasteiger partial charge >= 0.3 is 0 Å². The standard InChI is InChI=1S/C21H35N5O2/c1-3-9-23-20(27)19-8-5-7-18(16-19)17-25-21(22-4-2)24-10-6-11-26-12-14-28-15-13-26/h5,7-8,16H,3-4,6,9-15,17H2,1-2H3,(H,23,27)(H2,22,24,25). The molecule has 0 unspecified atom stereocenters. The van der Waals surface area contributed by atoms with E-state index in [0.29, 0.717) is 18.7 Å². The predicted octanol–water partition coefficient (Wildman–Crippen LogP) is 1.60. The molecule has 1 fully saturated rings. The van der Waals surface area contributed by atoms with Crippen molar-refractivity contribution in [3.8, 4) is 0 Å². The molecule has 3 N–H and O–H groups in total. The molecule has 0 aromatic heterocycles. The lowest BCUT2D eigenvalue weighted by Gasteiger charge is -2.26. The topological polar surface area (TPSA) is 78.0 Å². The molecular formula is C21H35N5O2. The molecule has 1 aromatic rings. The van der Waals surface area contributed by atoms with Crippen LogP contribution in [0.5, 0.6) is 0 Å². The summed E-state index contributed by atoms with van der Waals surface area (Å²) in [6.07, 6.45) is 2.00. The van der Waals surface area contributed by atoms with Crippen molar-refractivity contribution in [2.45, 2.75) is 33.2 Å². The van der Waals surface area contributed by atoms with Crippen LogP contribution in [0.25, 0.3) is 0 Å². The van der Waals surface area contributed by atoms with Gasteiger partial charge in [0, 0.05) is 38.3 Å². The maximum absolute atomic E-state index is 12.1. The molecule has 28 heavy (non-hydrogen) atoms. The zero-order valence-electron chi connectivity index (χ0n) is 17.3. The van der Waals surface area contributed by atoms with Crippen molar-refractivity contribution < 1.29 is 9.53 Å². The van der Waals surface area contributed by atoms with Gasteiger partial charge in [-0.1, -0.05) is 19.1 Å². The van der Waals surface area contributed by atoms with E-state index in [4.69, 9.17) is 4.74 Å². The minimum absolute atomic E-state index is 0.0270. The number of morpholine rings is 1. The van der Waals surface area contributed by atoms with E-state index >= 15 is 0 Å². The summed E-state index contributed by atoms with van der Waals surface area (Å²) in [5.41, 5.74) is 1.71. The van der Waals surface area contributed by atoms with Gasteiger partial charge in [0.05, 0.1) is 19.8 Å². The van der Waals surface area contributed by atoms with E-state index in [1.807, 2.05) is 31.2 Å². The van der Waals surface area contributed by atoms with Crippen molar-refractivity contribution >= 4 is 11.9 Å². The van der Waals surface area contributed by atoms with Gasteiger partial charge in [-0.3, -0.25) is 9.69 Å². The van der Waals surface area contributed by atoms with Crippen molar-refractivity contribution in [2.24, 2.45) is 4.99 Å². The number of carbonyl (C=O) groups is 1. The second-order valence-corrected chi connectivity index (χ2v) is 6.89. The van der Waals surface area contributed by atoms with E-state index in [-0.39, 0.29) is 5.91 Å². The molecule has 0 aliphatic carbocycles. The molecule has 0 bridgehead atoms. The highest BCUT2D eigenvalue weighted by Crippen LogP contribution is 2.07. The fourth-order valence-corrected chi connectivity index (χ4v) is 3.00. The van der Waals surface area contributed by atoms with Gasteiger partial charge in [-0.15, -0.1) is 0 Å². The number of aliphatic imine (C=N–C) groups is 1. The zero-order chi connectivity index (χ0) is 20.0. The smallest absolute Gasteiger partial charge is 0.251 e. The monoisotopic (exact) mass is 389 g/mol. The molecular weight excluding hydrogens is 354 g/mol. The molecule has 1 aliphatic heterocycles. The van der Waals surface area contributed by atoms with Crippen LogP contribution < -0.4 is 16.0 Å². The van der Waals surface area contributed by atoms with E-state index < -0.39 is 0 Å². The Kier molecular flexibility index (Phi) is 10.4. The van der Waals surface area contributed by atoms with Crippen LogP contribution in [-0.4, -0.2) is 69.2 Å². The molecule has 1 saturated heterocycles. The third-order valence-electron chi connectivity index (χ3n) is 4.54. The van der Waals surface area contributed by atoms with Crippen molar-refractivity contribution in [1.82, 2.24) is 20.9 Å². The normalized spacial score (nSPS) is 15.3. The Morgan fingerprint density at radius 2 is 1.96 bits per heavy atom. The maximum Gasteiger partial charge on any atom is 0.251 e. The van der Waals surface area contributed by atoms with Crippen LogP contribution in [-0.2, 0) is 11.3 Å². The summed E-state index contributed by atoms with van der Waals surface area (Å²) < 4.78 is 5.38. The minimum Gasteiger partial charge on any atom is -0.379 e. The molecule has 0 radical (unpaired) electrons. The third-order valence-corrected chi connectivity index (χ3v) is 4.54. The van der Waals surface area contributed by atoms with Crippen LogP contribution in [0.15, 0.2) is 29.3 Å². The summed E-state index contributed by atoms with van der Waals surface area (Å²) in [5, 5.41) is 9.59. The Morgan fingerprint density at radius 3 is 2.71 bits per heavy atom. The average Bonchev–Trinajstić information content (AvgIpc) is 2.74. The molecule has 7 nitrogen and oxygen atoms in total. The van der Waals surface area contributed by atoms with Gasteiger partial charge in [0.25, 0.3) is 5.91 Å². The Hall–Kier alpha value is -2.12. The molecule has 156 valence electrons. The Bertz CT molecular complexity index is 615. The summed E-state index contributed by atoms with van der Waals surface area (Å²) in [6.45, 7) is 11.8. The van der Waals surface area contributed by atoms with Crippen molar-refractivity contribution in [2.75, 3.05) is 52.5 Å².